The second-order valence-electron chi connectivity index (χ2n) is 7.00. The van der Waals surface area contributed by atoms with Crippen LogP contribution in [0.5, 0.6) is 0 Å². The second-order valence-corrected chi connectivity index (χ2v) is 7.00. The lowest BCUT2D eigenvalue weighted by Crippen LogP contribution is -2.47. The van der Waals surface area contributed by atoms with Crippen LogP contribution in [-0.2, 0) is 0 Å². The first-order chi connectivity index (χ1) is 13.1. The van der Waals surface area contributed by atoms with Crippen molar-refractivity contribution >= 4 is 5.91 Å². The lowest BCUT2D eigenvalue weighted by Gasteiger charge is -2.32. The van der Waals surface area contributed by atoms with Crippen LogP contribution >= 0.6 is 0 Å². The van der Waals surface area contributed by atoms with Gasteiger partial charge >= 0.3 is 0 Å². The van der Waals surface area contributed by atoms with Gasteiger partial charge in [0.2, 0.25) is 0 Å². The Morgan fingerprint density at radius 3 is 2.11 bits per heavy atom. The van der Waals surface area contributed by atoms with E-state index in [4.69, 9.17) is 4.98 Å². The van der Waals surface area contributed by atoms with Gasteiger partial charge in [-0.05, 0) is 26.1 Å². The van der Waals surface area contributed by atoms with E-state index in [1.807, 2.05) is 72.5 Å². The van der Waals surface area contributed by atoms with E-state index in [1.165, 1.54) is 0 Å². The fourth-order valence-corrected chi connectivity index (χ4v) is 3.54. The molecule has 5 heteroatoms. The Kier molecular flexibility index (Phi) is 4.77. The number of rotatable bonds is 3. The van der Waals surface area contributed by atoms with Crippen molar-refractivity contribution in [2.45, 2.75) is 6.92 Å². The molecule has 138 valence electrons. The van der Waals surface area contributed by atoms with Crippen molar-refractivity contribution in [2.75, 3.05) is 33.2 Å². The van der Waals surface area contributed by atoms with Crippen molar-refractivity contribution in [1.82, 2.24) is 19.4 Å². The zero-order chi connectivity index (χ0) is 18.8. The molecule has 1 fully saturated rings. The summed E-state index contributed by atoms with van der Waals surface area (Å²) in [7, 11) is 2.09. The van der Waals surface area contributed by atoms with Gasteiger partial charge in [-0.3, -0.25) is 9.36 Å². The Balaban J connectivity index is 1.80. The number of carbonyl (C=O) groups excluding carboxylic acids is 1. The molecule has 0 bridgehead atoms. The van der Waals surface area contributed by atoms with Crippen molar-refractivity contribution in [3.63, 3.8) is 0 Å². The minimum atomic E-state index is 0.0208. The molecular formula is C22H24N4O. The van der Waals surface area contributed by atoms with E-state index in [2.05, 4.69) is 16.5 Å². The molecule has 0 spiro atoms. The van der Waals surface area contributed by atoms with Crippen LogP contribution in [0.3, 0.4) is 0 Å². The predicted octanol–water partition coefficient (Wildman–Crippen LogP) is 3.24. The predicted molar refractivity (Wildman–Crippen MR) is 107 cm³/mol. The number of benzene rings is 2. The molecule has 1 aromatic heterocycles. The van der Waals surface area contributed by atoms with Crippen LogP contribution in [0, 0.1) is 6.92 Å². The monoisotopic (exact) mass is 360 g/mol. The van der Waals surface area contributed by atoms with E-state index >= 15 is 0 Å². The number of carbonyl (C=O) groups is 1. The molecule has 0 N–H and O–H groups in total. The Labute approximate surface area is 159 Å². The summed E-state index contributed by atoms with van der Waals surface area (Å²) < 4.78 is 2.08. The normalized spacial score (nSPS) is 15.1. The highest BCUT2D eigenvalue weighted by atomic mass is 16.2. The highest BCUT2D eigenvalue weighted by Gasteiger charge is 2.27. The number of hydrogen-bond acceptors (Lipinski definition) is 3. The molecule has 2 aromatic carbocycles. The summed E-state index contributed by atoms with van der Waals surface area (Å²) in [6, 6.07) is 20.1. The van der Waals surface area contributed by atoms with Crippen molar-refractivity contribution in [3.8, 4) is 17.1 Å². The summed E-state index contributed by atoms with van der Waals surface area (Å²) in [6.45, 7) is 5.27. The van der Waals surface area contributed by atoms with Crippen molar-refractivity contribution in [3.05, 3.63) is 72.1 Å². The molecule has 0 radical (unpaired) electrons. The van der Waals surface area contributed by atoms with E-state index in [-0.39, 0.29) is 5.91 Å². The molecule has 0 atom stereocenters. The van der Waals surface area contributed by atoms with Gasteiger partial charge in [0, 0.05) is 37.4 Å². The molecule has 1 aliphatic rings. The van der Waals surface area contributed by atoms with Gasteiger partial charge in [0.25, 0.3) is 5.91 Å². The summed E-state index contributed by atoms with van der Waals surface area (Å²) in [5.74, 6) is 0.823. The van der Waals surface area contributed by atoms with Gasteiger partial charge in [-0.2, -0.15) is 0 Å². The Hall–Kier alpha value is -2.92. The van der Waals surface area contributed by atoms with Gasteiger partial charge in [0.1, 0.15) is 11.5 Å². The highest BCUT2D eigenvalue weighted by molar-refractivity contribution is 5.94. The SMILES string of the molecule is Cc1c(C(=O)N2CCN(C)CC2)nc(-c2ccccc2)n1-c1ccccc1. The van der Waals surface area contributed by atoms with E-state index in [0.29, 0.717) is 5.69 Å². The largest absolute Gasteiger partial charge is 0.335 e. The van der Waals surface area contributed by atoms with Gasteiger partial charge in [0.15, 0.2) is 0 Å². The number of hydrogen-bond donors (Lipinski definition) is 0. The van der Waals surface area contributed by atoms with Crippen LogP contribution in [0.15, 0.2) is 60.7 Å². The van der Waals surface area contributed by atoms with E-state index in [1.54, 1.807) is 0 Å². The van der Waals surface area contributed by atoms with Crippen LogP contribution in [0.25, 0.3) is 17.1 Å². The third-order valence-electron chi connectivity index (χ3n) is 5.15. The van der Waals surface area contributed by atoms with Crippen molar-refractivity contribution in [2.24, 2.45) is 0 Å². The molecule has 1 aliphatic heterocycles. The molecule has 0 aliphatic carbocycles. The molecule has 27 heavy (non-hydrogen) atoms. The Morgan fingerprint density at radius 2 is 1.48 bits per heavy atom. The van der Waals surface area contributed by atoms with Crippen LogP contribution in [-0.4, -0.2) is 58.5 Å². The maximum absolute atomic E-state index is 13.2. The molecule has 3 aromatic rings. The smallest absolute Gasteiger partial charge is 0.274 e. The first-order valence-electron chi connectivity index (χ1n) is 9.33. The molecule has 1 amide bonds. The van der Waals surface area contributed by atoms with Crippen molar-refractivity contribution in [1.29, 1.82) is 0 Å². The fraction of sp³-hybridized carbons (Fsp3) is 0.273. The summed E-state index contributed by atoms with van der Waals surface area (Å²) in [5.41, 5.74) is 3.44. The van der Waals surface area contributed by atoms with Gasteiger partial charge in [-0.1, -0.05) is 48.5 Å². The molecule has 5 nitrogen and oxygen atoms in total. The number of likely N-dealkylation sites (N-methyl/N-ethyl adjacent to an activating group) is 1. The molecule has 1 saturated heterocycles. The third kappa shape index (κ3) is 3.38. The maximum Gasteiger partial charge on any atom is 0.274 e. The molecule has 2 heterocycles. The van der Waals surface area contributed by atoms with Gasteiger partial charge in [-0.25, -0.2) is 4.98 Å². The van der Waals surface area contributed by atoms with E-state index in [0.717, 1.165) is 48.9 Å². The quantitative estimate of drug-likeness (QED) is 0.720. The average Bonchev–Trinajstić information content (AvgIpc) is 3.06. The van der Waals surface area contributed by atoms with Gasteiger partial charge < -0.3 is 9.80 Å². The number of aromatic nitrogens is 2. The third-order valence-corrected chi connectivity index (χ3v) is 5.15. The summed E-state index contributed by atoms with van der Waals surface area (Å²) in [4.78, 5) is 22.2. The fourth-order valence-electron chi connectivity index (χ4n) is 3.54. The molecular weight excluding hydrogens is 336 g/mol. The first kappa shape index (κ1) is 17.5. The minimum absolute atomic E-state index is 0.0208. The molecule has 0 unspecified atom stereocenters. The number of piperazine rings is 1. The summed E-state index contributed by atoms with van der Waals surface area (Å²) >= 11 is 0. The molecule has 0 saturated carbocycles. The van der Waals surface area contributed by atoms with Crippen LogP contribution in [0.1, 0.15) is 16.2 Å². The van der Waals surface area contributed by atoms with Crippen LogP contribution in [0.4, 0.5) is 0 Å². The Morgan fingerprint density at radius 1 is 0.889 bits per heavy atom. The Bertz CT molecular complexity index is 926. The lowest BCUT2D eigenvalue weighted by molar-refractivity contribution is 0.0658. The number of amides is 1. The standard InChI is InChI=1S/C22H24N4O/c1-17-20(22(27)25-15-13-24(2)14-16-25)23-21(18-9-5-3-6-10-18)26(17)19-11-7-4-8-12-19/h3-12H,13-16H2,1-2H3. The number of para-hydroxylation sites is 1. The molecule has 4 rings (SSSR count). The zero-order valence-electron chi connectivity index (χ0n) is 15.8. The summed E-state index contributed by atoms with van der Waals surface area (Å²) in [5, 5.41) is 0. The highest BCUT2D eigenvalue weighted by Crippen LogP contribution is 2.27. The van der Waals surface area contributed by atoms with Gasteiger partial charge in [-0.15, -0.1) is 0 Å². The van der Waals surface area contributed by atoms with Crippen molar-refractivity contribution < 1.29 is 4.79 Å². The summed E-state index contributed by atoms with van der Waals surface area (Å²) in [6.07, 6.45) is 0. The lowest BCUT2D eigenvalue weighted by atomic mass is 10.2. The average molecular weight is 360 g/mol. The van der Waals surface area contributed by atoms with Gasteiger partial charge in [0.05, 0.1) is 5.69 Å². The van der Waals surface area contributed by atoms with Crippen LogP contribution < -0.4 is 0 Å². The topological polar surface area (TPSA) is 41.4 Å². The van der Waals surface area contributed by atoms with Crippen LogP contribution in [0.2, 0.25) is 0 Å². The maximum atomic E-state index is 13.2. The number of imidazole rings is 1. The van der Waals surface area contributed by atoms with E-state index < -0.39 is 0 Å². The number of nitrogens with zero attached hydrogens (tertiary/aromatic N) is 4. The minimum Gasteiger partial charge on any atom is -0.335 e. The van der Waals surface area contributed by atoms with E-state index in [9.17, 15) is 4.79 Å². The second kappa shape index (κ2) is 7.37. The zero-order valence-corrected chi connectivity index (χ0v) is 15.8. The first-order valence-corrected chi connectivity index (χ1v) is 9.33.